The molecule has 0 bridgehead atoms. The highest BCUT2D eigenvalue weighted by Crippen LogP contribution is 2.34. The Morgan fingerprint density at radius 1 is 1.23 bits per heavy atom. The SMILES string of the molecule is CSc1c2[nH]c(-c3cnccn3)c[nH]c2n2c1nc1c(=O)ccc(C)c12. The van der Waals surface area contributed by atoms with Gasteiger partial charge in [0.15, 0.2) is 5.65 Å². The van der Waals surface area contributed by atoms with Crippen molar-refractivity contribution in [2.45, 2.75) is 11.8 Å². The van der Waals surface area contributed by atoms with Crippen LogP contribution < -0.4 is 5.43 Å². The molecule has 0 atom stereocenters. The highest BCUT2D eigenvalue weighted by molar-refractivity contribution is 7.99. The lowest BCUT2D eigenvalue weighted by Crippen LogP contribution is -2.00. The summed E-state index contributed by atoms with van der Waals surface area (Å²) in [5.41, 5.74) is 6.46. The Morgan fingerprint density at radius 2 is 2.12 bits per heavy atom. The molecule has 2 N–H and O–H groups in total. The zero-order valence-electron chi connectivity index (χ0n) is 14.1. The van der Waals surface area contributed by atoms with Crippen molar-refractivity contribution < 1.29 is 0 Å². The number of aryl methyl sites for hydroxylation is 1. The fourth-order valence-corrected chi connectivity index (χ4v) is 4.02. The molecule has 0 aliphatic heterocycles. The number of H-pyrrole nitrogens is 2. The van der Waals surface area contributed by atoms with Crippen LogP contribution in [0.15, 0.2) is 46.6 Å². The van der Waals surface area contributed by atoms with Crippen LogP contribution in [0.1, 0.15) is 5.56 Å². The van der Waals surface area contributed by atoms with E-state index in [1.165, 1.54) is 0 Å². The molecule has 26 heavy (non-hydrogen) atoms. The lowest BCUT2D eigenvalue weighted by Gasteiger charge is -2.04. The fourth-order valence-electron chi connectivity index (χ4n) is 3.35. The van der Waals surface area contributed by atoms with E-state index >= 15 is 0 Å². The number of aromatic amines is 2. The Kier molecular flexibility index (Phi) is 3.17. The van der Waals surface area contributed by atoms with Crippen LogP contribution in [0, 0.1) is 6.92 Å². The van der Waals surface area contributed by atoms with Crippen molar-refractivity contribution in [3.8, 4) is 11.4 Å². The lowest BCUT2D eigenvalue weighted by molar-refractivity contribution is 1.16. The van der Waals surface area contributed by atoms with E-state index in [0.29, 0.717) is 5.52 Å². The summed E-state index contributed by atoms with van der Waals surface area (Å²) < 4.78 is 2.02. The van der Waals surface area contributed by atoms with Gasteiger partial charge in [-0.2, -0.15) is 0 Å². The monoisotopic (exact) mass is 362 g/mol. The van der Waals surface area contributed by atoms with E-state index in [-0.39, 0.29) is 5.43 Å². The molecule has 0 saturated heterocycles. The largest absolute Gasteiger partial charge is 0.349 e. The molecule has 4 aromatic heterocycles. The van der Waals surface area contributed by atoms with Crippen LogP contribution in [0.25, 0.3) is 39.2 Å². The molecular formula is C18H14N6OS. The van der Waals surface area contributed by atoms with Crippen molar-refractivity contribution in [2.24, 2.45) is 0 Å². The van der Waals surface area contributed by atoms with Crippen molar-refractivity contribution in [2.75, 3.05) is 6.26 Å². The predicted octanol–water partition coefficient (Wildman–Crippen LogP) is 3.14. The minimum absolute atomic E-state index is 0.0605. The standard InChI is InChI=1S/C18H14N6OS/c1-9-3-4-12(25)13-15(9)24-17-14(16(26-2)18(24)23-13)22-11(8-21-17)10-7-19-5-6-20-10/h3-8,21-22H,1-2H3. The third-order valence-electron chi connectivity index (χ3n) is 4.52. The second-order valence-electron chi connectivity index (χ2n) is 6.02. The fraction of sp³-hybridized carbons (Fsp3) is 0.111. The maximum Gasteiger partial charge on any atom is 0.206 e. The van der Waals surface area contributed by atoms with Gasteiger partial charge in [-0.15, -0.1) is 11.8 Å². The minimum Gasteiger partial charge on any atom is -0.349 e. The second kappa shape index (κ2) is 5.43. The first-order chi connectivity index (χ1) is 12.7. The van der Waals surface area contributed by atoms with E-state index in [9.17, 15) is 4.79 Å². The molecule has 0 radical (unpaired) electrons. The first kappa shape index (κ1) is 15.2. The summed E-state index contributed by atoms with van der Waals surface area (Å²) in [7, 11) is 0. The Morgan fingerprint density at radius 3 is 2.88 bits per heavy atom. The summed E-state index contributed by atoms with van der Waals surface area (Å²) in [5, 5.41) is 0. The van der Waals surface area contributed by atoms with Gasteiger partial charge in [0.2, 0.25) is 5.43 Å². The highest BCUT2D eigenvalue weighted by Gasteiger charge is 2.20. The molecule has 8 heteroatoms. The van der Waals surface area contributed by atoms with Crippen molar-refractivity contribution in [1.29, 1.82) is 0 Å². The zero-order chi connectivity index (χ0) is 17.8. The Balaban J connectivity index is 1.93. The molecule has 5 aromatic rings. The number of nitrogens with zero attached hydrogens (tertiary/aromatic N) is 4. The molecule has 0 fully saturated rings. The van der Waals surface area contributed by atoms with Gasteiger partial charge in [-0.1, -0.05) is 6.07 Å². The van der Waals surface area contributed by atoms with E-state index in [1.807, 2.05) is 29.8 Å². The normalized spacial score (nSPS) is 11.8. The smallest absolute Gasteiger partial charge is 0.206 e. The van der Waals surface area contributed by atoms with Gasteiger partial charge in [0.1, 0.15) is 16.9 Å². The van der Waals surface area contributed by atoms with Crippen molar-refractivity contribution in [3.63, 3.8) is 0 Å². The summed E-state index contributed by atoms with van der Waals surface area (Å²) in [6.07, 6.45) is 8.87. The molecule has 0 aliphatic carbocycles. The average Bonchev–Trinajstić information content (AvgIpc) is 3.20. The van der Waals surface area contributed by atoms with Crippen molar-refractivity contribution in [3.05, 3.63) is 52.7 Å². The summed E-state index contributed by atoms with van der Waals surface area (Å²) in [6, 6.07) is 3.42. The maximum atomic E-state index is 12.3. The molecule has 0 unspecified atom stereocenters. The van der Waals surface area contributed by atoms with E-state index in [0.717, 1.165) is 44.2 Å². The number of nitrogens with one attached hydrogen (secondary N) is 2. The third-order valence-corrected chi connectivity index (χ3v) is 5.31. The Bertz CT molecular complexity index is 1350. The summed E-state index contributed by atoms with van der Waals surface area (Å²) in [5.74, 6) is 0. The molecule has 0 saturated carbocycles. The number of aromatic nitrogens is 6. The lowest BCUT2D eigenvalue weighted by atomic mass is 10.2. The highest BCUT2D eigenvalue weighted by atomic mass is 32.2. The number of fused-ring (bicyclic) bond motifs is 5. The van der Waals surface area contributed by atoms with Crippen molar-refractivity contribution in [1.82, 2.24) is 29.3 Å². The quantitative estimate of drug-likeness (QED) is 0.471. The van der Waals surface area contributed by atoms with Gasteiger partial charge in [0, 0.05) is 18.6 Å². The van der Waals surface area contributed by atoms with Gasteiger partial charge in [-0.3, -0.25) is 19.2 Å². The number of hydrogen-bond donors (Lipinski definition) is 2. The van der Waals surface area contributed by atoms with Crippen LogP contribution in [-0.4, -0.2) is 35.6 Å². The Labute approximate surface area is 151 Å². The van der Waals surface area contributed by atoms with Gasteiger partial charge in [0.05, 0.1) is 27.8 Å². The van der Waals surface area contributed by atoms with Gasteiger partial charge >= 0.3 is 0 Å². The summed E-state index contributed by atoms with van der Waals surface area (Å²) in [6.45, 7) is 1.99. The van der Waals surface area contributed by atoms with Crippen LogP contribution >= 0.6 is 11.8 Å². The predicted molar refractivity (Wildman–Crippen MR) is 103 cm³/mol. The first-order valence-corrected chi connectivity index (χ1v) is 9.27. The molecule has 128 valence electrons. The zero-order valence-corrected chi connectivity index (χ0v) is 14.9. The first-order valence-electron chi connectivity index (χ1n) is 8.04. The molecule has 7 nitrogen and oxygen atoms in total. The van der Waals surface area contributed by atoms with Crippen LogP contribution in [-0.2, 0) is 0 Å². The van der Waals surface area contributed by atoms with E-state index < -0.39 is 0 Å². The molecular weight excluding hydrogens is 348 g/mol. The minimum atomic E-state index is -0.0605. The second-order valence-corrected chi connectivity index (χ2v) is 6.84. The summed E-state index contributed by atoms with van der Waals surface area (Å²) >= 11 is 1.59. The van der Waals surface area contributed by atoms with Gasteiger partial charge < -0.3 is 9.97 Å². The van der Waals surface area contributed by atoms with Gasteiger partial charge in [-0.05, 0) is 24.8 Å². The van der Waals surface area contributed by atoms with Crippen LogP contribution in [0.5, 0.6) is 0 Å². The third kappa shape index (κ3) is 1.96. The molecule has 5 rings (SSSR count). The topological polar surface area (TPSA) is 91.7 Å². The molecule has 0 aliphatic rings. The molecule has 4 heterocycles. The summed E-state index contributed by atoms with van der Waals surface area (Å²) in [4.78, 5) is 33.2. The number of hydrogen-bond acceptors (Lipinski definition) is 5. The molecule has 0 spiro atoms. The molecule has 0 amide bonds. The number of thioether (sulfide) groups is 1. The maximum absolute atomic E-state index is 12.3. The van der Waals surface area contributed by atoms with E-state index in [2.05, 4.69) is 24.9 Å². The van der Waals surface area contributed by atoms with Crippen LogP contribution in [0.3, 0.4) is 0 Å². The Hall–Kier alpha value is -3.13. The van der Waals surface area contributed by atoms with E-state index in [1.54, 1.807) is 36.4 Å². The van der Waals surface area contributed by atoms with Crippen molar-refractivity contribution >= 4 is 39.6 Å². The molecule has 1 aromatic carbocycles. The van der Waals surface area contributed by atoms with Crippen LogP contribution in [0.2, 0.25) is 0 Å². The number of rotatable bonds is 2. The number of benzene rings is 1. The van der Waals surface area contributed by atoms with Crippen LogP contribution in [0.4, 0.5) is 0 Å². The van der Waals surface area contributed by atoms with E-state index in [4.69, 9.17) is 0 Å². The number of imidazole rings is 1. The van der Waals surface area contributed by atoms with Gasteiger partial charge in [-0.25, -0.2) is 4.98 Å². The average molecular weight is 362 g/mol. The van der Waals surface area contributed by atoms with Gasteiger partial charge in [0.25, 0.3) is 0 Å².